The van der Waals surface area contributed by atoms with Gasteiger partial charge in [-0.3, -0.25) is 4.79 Å². The van der Waals surface area contributed by atoms with E-state index in [1.165, 1.54) is 4.90 Å². The first kappa shape index (κ1) is 17.5. The summed E-state index contributed by atoms with van der Waals surface area (Å²) in [6.07, 6.45) is 1.56. The third-order valence-corrected chi connectivity index (χ3v) is 3.66. The van der Waals surface area contributed by atoms with Gasteiger partial charge in [-0.05, 0) is 31.5 Å². The number of benzene rings is 1. The van der Waals surface area contributed by atoms with Gasteiger partial charge in [-0.25, -0.2) is 9.78 Å². The lowest BCUT2D eigenvalue weighted by molar-refractivity contribution is -0.141. The molecule has 0 aliphatic carbocycles. The first-order chi connectivity index (χ1) is 11.3. The van der Waals surface area contributed by atoms with Crippen molar-refractivity contribution in [1.29, 1.82) is 0 Å². The van der Waals surface area contributed by atoms with Crippen LogP contribution in [0.25, 0.3) is 11.5 Å². The zero-order valence-electron chi connectivity index (χ0n) is 14.2. The molecule has 0 aliphatic rings. The Balaban J connectivity index is 2.14. The Labute approximate surface area is 140 Å². The number of carboxylic acid groups (broad SMARTS) is 1. The normalized spacial score (nSPS) is 11.8. The molecule has 2 N–H and O–H groups in total. The molecular weight excluding hydrogens is 310 g/mol. The SMILES string of the molecule is Cc1coc(-c2ccc(C)c(NC(=O)N(C)CC(C)C(=O)O)c2)n1. The maximum Gasteiger partial charge on any atom is 0.321 e. The predicted octanol–water partition coefficient (Wildman–Crippen LogP) is 3.14. The van der Waals surface area contributed by atoms with Gasteiger partial charge >= 0.3 is 12.0 Å². The Hall–Kier alpha value is -2.83. The van der Waals surface area contributed by atoms with E-state index in [0.717, 1.165) is 16.8 Å². The van der Waals surface area contributed by atoms with Crippen LogP contribution in [0, 0.1) is 19.8 Å². The number of anilines is 1. The van der Waals surface area contributed by atoms with Crippen molar-refractivity contribution >= 4 is 17.7 Å². The number of hydrogen-bond acceptors (Lipinski definition) is 4. The molecule has 7 nitrogen and oxygen atoms in total. The Kier molecular flexibility index (Phi) is 5.23. The number of carboxylic acids is 1. The van der Waals surface area contributed by atoms with E-state index in [9.17, 15) is 9.59 Å². The second-order valence-corrected chi connectivity index (χ2v) is 5.87. The largest absolute Gasteiger partial charge is 0.481 e. The standard InChI is InChI=1S/C17H21N3O4/c1-10-5-6-13(15-18-12(3)9-24-15)7-14(10)19-17(23)20(4)8-11(2)16(21)22/h5-7,9,11H,8H2,1-4H3,(H,19,23)(H,21,22). The van der Waals surface area contributed by atoms with Gasteiger partial charge in [0.1, 0.15) is 6.26 Å². The van der Waals surface area contributed by atoms with Crippen LogP contribution in [0.1, 0.15) is 18.2 Å². The molecule has 0 spiro atoms. The molecule has 1 atom stereocenters. The minimum atomic E-state index is -0.938. The smallest absolute Gasteiger partial charge is 0.321 e. The number of hydrogen-bond donors (Lipinski definition) is 2. The summed E-state index contributed by atoms with van der Waals surface area (Å²) in [4.78, 5) is 28.8. The van der Waals surface area contributed by atoms with Crippen molar-refractivity contribution in [2.45, 2.75) is 20.8 Å². The lowest BCUT2D eigenvalue weighted by atomic mass is 10.1. The molecular formula is C17H21N3O4. The van der Waals surface area contributed by atoms with Crippen LogP contribution in [0.2, 0.25) is 0 Å². The van der Waals surface area contributed by atoms with Crippen LogP contribution in [0.15, 0.2) is 28.9 Å². The molecule has 2 rings (SSSR count). The van der Waals surface area contributed by atoms with Gasteiger partial charge in [0.25, 0.3) is 0 Å². The maximum absolute atomic E-state index is 12.3. The monoisotopic (exact) mass is 331 g/mol. The van der Waals surface area contributed by atoms with Crippen LogP contribution in [0.4, 0.5) is 10.5 Å². The molecule has 2 amide bonds. The third-order valence-electron chi connectivity index (χ3n) is 3.66. The molecule has 1 unspecified atom stereocenters. The zero-order chi connectivity index (χ0) is 17.9. The van der Waals surface area contributed by atoms with E-state index in [-0.39, 0.29) is 12.6 Å². The van der Waals surface area contributed by atoms with E-state index in [2.05, 4.69) is 10.3 Å². The molecule has 0 fully saturated rings. The summed E-state index contributed by atoms with van der Waals surface area (Å²) in [5.41, 5.74) is 3.04. The van der Waals surface area contributed by atoms with E-state index >= 15 is 0 Å². The Bertz CT molecular complexity index is 754. The molecule has 128 valence electrons. The second-order valence-electron chi connectivity index (χ2n) is 5.87. The summed E-state index contributed by atoms with van der Waals surface area (Å²) < 4.78 is 5.38. The second kappa shape index (κ2) is 7.16. The summed E-state index contributed by atoms with van der Waals surface area (Å²) in [6.45, 7) is 5.39. The minimum absolute atomic E-state index is 0.124. The van der Waals surface area contributed by atoms with Crippen LogP contribution in [-0.4, -0.2) is 40.6 Å². The number of carbonyl (C=O) groups is 2. The first-order valence-corrected chi connectivity index (χ1v) is 7.56. The Morgan fingerprint density at radius 2 is 2.08 bits per heavy atom. The molecule has 0 saturated heterocycles. The number of oxazole rings is 1. The van der Waals surface area contributed by atoms with E-state index in [4.69, 9.17) is 9.52 Å². The molecule has 2 aromatic rings. The van der Waals surface area contributed by atoms with Gasteiger partial charge in [-0.1, -0.05) is 13.0 Å². The van der Waals surface area contributed by atoms with E-state index in [1.54, 1.807) is 26.3 Å². The average Bonchev–Trinajstić information content (AvgIpc) is 2.95. The van der Waals surface area contributed by atoms with Gasteiger partial charge in [0.15, 0.2) is 0 Å². The number of nitrogens with zero attached hydrogens (tertiary/aromatic N) is 2. The molecule has 7 heteroatoms. The molecule has 0 aliphatic heterocycles. The molecule has 1 aromatic heterocycles. The Morgan fingerprint density at radius 3 is 2.67 bits per heavy atom. The minimum Gasteiger partial charge on any atom is -0.481 e. The molecule has 1 aromatic carbocycles. The van der Waals surface area contributed by atoms with Gasteiger partial charge in [0, 0.05) is 24.8 Å². The fourth-order valence-corrected chi connectivity index (χ4v) is 2.16. The highest BCUT2D eigenvalue weighted by Crippen LogP contribution is 2.25. The topological polar surface area (TPSA) is 95.7 Å². The van der Waals surface area contributed by atoms with Crippen molar-refractivity contribution in [3.63, 3.8) is 0 Å². The summed E-state index contributed by atoms with van der Waals surface area (Å²) in [6, 6.07) is 5.15. The van der Waals surface area contributed by atoms with Crippen molar-refractivity contribution in [3.05, 3.63) is 35.7 Å². The van der Waals surface area contributed by atoms with Gasteiger partial charge in [-0.2, -0.15) is 0 Å². The van der Waals surface area contributed by atoms with Crippen LogP contribution in [0.5, 0.6) is 0 Å². The number of urea groups is 1. The quantitative estimate of drug-likeness (QED) is 0.877. The Morgan fingerprint density at radius 1 is 1.38 bits per heavy atom. The number of aliphatic carboxylic acids is 1. The first-order valence-electron chi connectivity index (χ1n) is 7.56. The van der Waals surface area contributed by atoms with Crippen LogP contribution in [-0.2, 0) is 4.79 Å². The molecule has 0 saturated carbocycles. The highest BCUT2D eigenvalue weighted by Gasteiger charge is 2.18. The highest BCUT2D eigenvalue weighted by molar-refractivity contribution is 5.91. The van der Waals surface area contributed by atoms with Crippen LogP contribution >= 0.6 is 0 Å². The summed E-state index contributed by atoms with van der Waals surface area (Å²) in [5.74, 6) is -1.09. The lowest BCUT2D eigenvalue weighted by Gasteiger charge is -2.20. The number of carbonyl (C=O) groups excluding carboxylic acids is 1. The third kappa shape index (κ3) is 4.13. The van der Waals surface area contributed by atoms with E-state index in [0.29, 0.717) is 11.6 Å². The molecule has 1 heterocycles. The van der Waals surface area contributed by atoms with Crippen molar-refractivity contribution in [2.24, 2.45) is 5.92 Å². The van der Waals surface area contributed by atoms with Gasteiger partial charge < -0.3 is 19.7 Å². The number of rotatable bonds is 5. The highest BCUT2D eigenvalue weighted by atomic mass is 16.4. The van der Waals surface area contributed by atoms with Gasteiger partial charge in [0.05, 0.1) is 11.6 Å². The number of amides is 2. The van der Waals surface area contributed by atoms with Crippen molar-refractivity contribution in [3.8, 4) is 11.5 Å². The fraction of sp³-hybridized carbons (Fsp3) is 0.353. The van der Waals surface area contributed by atoms with E-state index < -0.39 is 11.9 Å². The summed E-state index contributed by atoms with van der Waals surface area (Å²) in [5, 5.41) is 11.7. The van der Waals surface area contributed by atoms with Crippen molar-refractivity contribution < 1.29 is 19.1 Å². The number of aryl methyl sites for hydroxylation is 2. The number of nitrogens with one attached hydrogen (secondary N) is 1. The van der Waals surface area contributed by atoms with Crippen LogP contribution in [0.3, 0.4) is 0 Å². The number of aromatic nitrogens is 1. The zero-order valence-corrected chi connectivity index (χ0v) is 14.2. The summed E-state index contributed by atoms with van der Waals surface area (Å²) >= 11 is 0. The predicted molar refractivity (Wildman–Crippen MR) is 89.9 cm³/mol. The van der Waals surface area contributed by atoms with Gasteiger partial charge in [0.2, 0.25) is 5.89 Å². The molecule has 0 radical (unpaired) electrons. The van der Waals surface area contributed by atoms with Crippen LogP contribution < -0.4 is 5.32 Å². The van der Waals surface area contributed by atoms with Crippen molar-refractivity contribution in [1.82, 2.24) is 9.88 Å². The average molecular weight is 331 g/mol. The van der Waals surface area contributed by atoms with Crippen molar-refractivity contribution in [2.75, 3.05) is 18.9 Å². The summed E-state index contributed by atoms with van der Waals surface area (Å²) in [7, 11) is 1.56. The maximum atomic E-state index is 12.3. The van der Waals surface area contributed by atoms with E-state index in [1.807, 2.05) is 26.0 Å². The molecule has 0 bridgehead atoms. The van der Waals surface area contributed by atoms with Gasteiger partial charge in [-0.15, -0.1) is 0 Å². The fourth-order valence-electron chi connectivity index (χ4n) is 2.16. The molecule has 24 heavy (non-hydrogen) atoms. The lowest BCUT2D eigenvalue weighted by Crippen LogP contribution is -2.36.